The third kappa shape index (κ3) is 3.53. The van der Waals surface area contributed by atoms with Gasteiger partial charge in [0, 0.05) is 5.70 Å². The minimum Gasteiger partial charge on any atom is -0.384 e. The van der Waals surface area contributed by atoms with Crippen molar-refractivity contribution in [3.8, 4) is 0 Å². The lowest BCUT2D eigenvalue weighted by atomic mass is 10.4. The molecular weight excluding hydrogens is 112 g/mol. The molecule has 0 aliphatic rings. The third-order valence-corrected chi connectivity index (χ3v) is 0.932. The molecule has 2 nitrogen and oxygen atoms in total. The lowest BCUT2D eigenvalue weighted by Crippen LogP contribution is -2.06. The summed E-state index contributed by atoms with van der Waals surface area (Å²) < 4.78 is 0. The fourth-order valence-electron chi connectivity index (χ4n) is 0.314. The Labute approximate surface area is 55.8 Å². The van der Waals surface area contributed by atoms with Crippen molar-refractivity contribution in [3.63, 3.8) is 0 Å². The number of nitrogens with zero attached hydrogens (tertiary/aromatic N) is 1. The molecule has 0 aromatic heterocycles. The molecule has 0 bridgehead atoms. The first-order chi connectivity index (χ1) is 4.20. The standard InChI is InChI=1S/C7H12N2/c1-4-6(3)9-7(8)5-2/h4-5H,2H2,1,3H3,(H2,8,9)/b6-4-. The summed E-state index contributed by atoms with van der Waals surface area (Å²) in [6.45, 7) is 7.26. The fourth-order valence-corrected chi connectivity index (χ4v) is 0.314. The Morgan fingerprint density at radius 1 is 1.67 bits per heavy atom. The summed E-state index contributed by atoms with van der Waals surface area (Å²) in [4.78, 5) is 3.95. The second-order valence-corrected chi connectivity index (χ2v) is 1.67. The Morgan fingerprint density at radius 2 is 2.22 bits per heavy atom. The second-order valence-electron chi connectivity index (χ2n) is 1.67. The van der Waals surface area contributed by atoms with Gasteiger partial charge in [0.25, 0.3) is 0 Å². The summed E-state index contributed by atoms with van der Waals surface area (Å²) in [5, 5.41) is 0. The van der Waals surface area contributed by atoms with Crippen molar-refractivity contribution in [2.75, 3.05) is 0 Å². The van der Waals surface area contributed by atoms with E-state index in [-0.39, 0.29) is 0 Å². The van der Waals surface area contributed by atoms with E-state index in [1.54, 1.807) is 0 Å². The van der Waals surface area contributed by atoms with Crippen LogP contribution < -0.4 is 5.73 Å². The molecule has 0 spiro atoms. The third-order valence-electron chi connectivity index (χ3n) is 0.932. The van der Waals surface area contributed by atoms with E-state index < -0.39 is 0 Å². The Balaban J connectivity index is 4.11. The van der Waals surface area contributed by atoms with Crippen molar-refractivity contribution in [2.24, 2.45) is 10.7 Å². The van der Waals surface area contributed by atoms with Gasteiger partial charge in [0.15, 0.2) is 0 Å². The van der Waals surface area contributed by atoms with E-state index in [4.69, 9.17) is 5.73 Å². The normalized spacial score (nSPS) is 13.6. The van der Waals surface area contributed by atoms with Gasteiger partial charge in [0.1, 0.15) is 5.84 Å². The molecule has 2 N–H and O–H groups in total. The SMILES string of the molecule is C=CC(N)=N/C(C)=C\C. The fraction of sp³-hybridized carbons (Fsp3) is 0.286. The zero-order chi connectivity index (χ0) is 7.28. The molecule has 0 unspecified atom stereocenters. The number of aliphatic imine (C=N–C) groups is 1. The van der Waals surface area contributed by atoms with Crippen LogP contribution in [0.5, 0.6) is 0 Å². The van der Waals surface area contributed by atoms with Crippen molar-refractivity contribution in [2.45, 2.75) is 13.8 Å². The van der Waals surface area contributed by atoms with Crippen LogP contribution in [-0.2, 0) is 0 Å². The molecule has 0 aromatic carbocycles. The van der Waals surface area contributed by atoms with E-state index in [1.165, 1.54) is 6.08 Å². The predicted octanol–water partition coefficient (Wildman–Crippen LogP) is 1.45. The van der Waals surface area contributed by atoms with Crippen molar-refractivity contribution < 1.29 is 0 Å². The predicted molar refractivity (Wildman–Crippen MR) is 41.3 cm³/mol. The Bertz CT molecular complexity index is 154. The molecule has 2 heteroatoms. The number of amidine groups is 1. The zero-order valence-corrected chi connectivity index (χ0v) is 5.89. The molecule has 0 atom stereocenters. The molecule has 50 valence electrons. The van der Waals surface area contributed by atoms with E-state index in [9.17, 15) is 0 Å². The minimum absolute atomic E-state index is 0.464. The first-order valence-corrected chi connectivity index (χ1v) is 2.80. The minimum atomic E-state index is 0.464. The highest BCUT2D eigenvalue weighted by Gasteiger charge is 1.81. The Kier molecular flexibility index (Phi) is 3.44. The number of rotatable bonds is 2. The lowest BCUT2D eigenvalue weighted by Gasteiger charge is -1.90. The summed E-state index contributed by atoms with van der Waals surface area (Å²) in [5.41, 5.74) is 6.25. The first-order valence-electron chi connectivity index (χ1n) is 2.80. The number of nitrogens with two attached hydrogens (primary N) is 1. The van der Waals surface area contributed by atoms with Gasteiger partial charge in [-0.15, -0.1) is 0 Å². The average molecular weight is 124 g/mol. The van der Waals surface area contributed by atoms with Crippen molar-refractivity contribution in [1.82, 2.24) is 0 Å². The van der Waals surface area contributed by atoms with Crippen LogP contribution in [0, 0.1) is 0 Å². The van der Waals surface area contributed by atoms with Gasteiger partial charge in [-0.05, 0) is 19.9 Å². The van der Waals surface area contributed by atoms with Crippen LogP contribution in [0.3, 0.4) is 0 Å². The lowest BCUT2D eigenvalue weighted by molar-refractivity contribution is 1.27. The van der Waals surface area contributed by atoms with Crippen LogP contribution in [0.2, 0.25) is 0 Å². The summed E-state index contributed by atoms with van der Waals surface area (Å²) in [5.74, 6) is 0.464. The second kappa shape index (κ2) is 3.89. The first kappa shape index (κ1) is 7.95. The maximum absolute atomic E-state index is 5.34. The number of allylic oxidation sites excluding steroid dienone is 2. The van der Waals surface area contributed by atoms with Crippen molar-refractivity contribution in [1.29, 1.82) is 0 Å². The molecule has 0 heterocycles. The smallest absolute Gasteiger partial charge is 0.122 e. The topological polar surface area (TPSA) is 38.4 Å². The molecule has 0 aliphatic heterocycles. The highest BCUT2D eigenvalue weighted by molar-refractivity contribution is 5.91. The van der Waals surface area contributed by atoms with E-state index >= 15 is 0 Å². The summed E-state index contributed by atoms with van der Waals surface area (Å²) >= 11 is 0. The molecule has 0 aromatic rings. The molecule has 0 rings (SSSR count). The maximum Gasteiger partial charge on any atom is 0.122 e. The van der Waals surface area contributed by atoms with Crippen LogP contribution in [0.25, 0.3) is 0 Å². The monoisotopic (exact) mass is 124 g/mol. The molecule has 0 aliphatic carbocycles. The van der Waals surface area contributed by atoms with Crippen molar-refractivity contribution in [3.05, 3.63) is 24.4 Å². The van der Waals surface area contributed by atoms with Gasteiger partial charge in [-0.3, -0.25) is 0 Å². The molecule has 0 saturated carbocycles. The van der Waals surface area contributed by atoms with Crippen LogP contribution in [-0.4, -0.2) is 5.84 Å². The highest BCUT2D eigenvalue weighted by Crippen LogP contribution is 1.91. The van der Waals surface area contributed by atoms with E-state index in [2.05, 4.69) is 11.6 Å². The van der Waals surface area contributed by atoms with Gasteiger partial charge in [0.2, 0.25) is 0 Å². The van der Waals surface area contributed by atoms with Crippen LogP contribution >= 0.6 is 0 Å². The van der Waals surface area contributed by atoms with Gasteiger partial charge in [-0.1, -0.05) is 12.7 Å². The van der Waals surface area contributed by atoms with Crippen molar-refractivity contribution >= 4 is 5.84 Å². The van der Waals surface area contributed by atoms with Crippen LogP contribution in [0.15, 0.2) is 29.4 Å². The molecule has 9 heavy (non-hydrogen) atoms. The summed E-state index contributed by atoms with van der Waals surface area (Å²) in [6.07, 6.45) is 3.41. The Hall–Kier alpha value is -1.05. The number of hydrogen-bond donors (Lipinski definition) is 1. The molecule has 0 amide bonds. The quantitative estimate of drug-likeness (QED) is 0.439. The molecular formula is C7H12N2. The largest absolute Gasteiger partial charge is 0.384 e. The van der Waals surface area contributed by atoms with Gasteiger partial charge in [-0.2, -0.15) is 0 Å². The van der Waals surface area contributed by atoms with Gasteiger partial charge >= 0.3 is 0 Å². The zero-order valence-electron chi connectivity index (χ0n) is 5.89. The number of hydrogen-bond acceptors (Lipinski definition) is 1. The van der Waals surface area contributed by atoms with Crippen LogP contribution in [0.4, 0.5) is 0 Å². The highest BCUT2D eigenvalue weighted by atomic mass is 14.8. The summed E-state index contributed by atoms with van der Waals surface area (Å²) in [6, 6.07) is 0. The molecule has 0 fully saturated rings. The van der Waals surface area contributed by atoms with Gasteiger partial charge < -0.3 is 5.73 Å². The van der Waals surface area contributed by atoms with E-state index in [0.29, 0.717) is 5.84 Å². The van der Waals surface area contributed by atoms with E-state index in [1.807, 2.05) is 19.9 Å². The maximum atomic E-state index is 5.34. The van der Waals surface area contributed by atoms with E-state index in [0.717, 1.165) is 5.70 Å². The molecule has 0 radical (unpaired) electrons. The van der Waals surface area contributed by atoms with Crippen LogP contribution in [0.1, 0.15) is 13.8 Å². The van der Waals surface area contributed by atoms with Gasteiger partial charge in [-0.25, -0.2) is 4.99 Å². The summed E-state index contributed by atoms with van der Waals surface area (Å²) in [7, 11) is 0. The average Bonchev–Trinajstić information content (AvgIpc) is 1.87. The van der Waals surface area contributed by atoms with Gasteiger partial charge in [0.05, 0.1) is 0 Å². The Morgan fingerprint density at radius 3 is 2.56 bits per heavy atom. The molecule has 0 saturated heterocycles.